The second-order valence-corrected chi connectivity index (χ2v) is 4.36. The molecule has 0 fully saturated rings. The monoisotopic (exact) mass is 244 g/mol. The van der Waals surface area contributed by atoms with Crippen LogP contribution in [0.3, 0.4) is 0 Å². The van der Waals surface area contributed by atoms with E-state index in [1.54, 1.807) is 4.57 Å². The number of rotatable bonds is 2. The summed E-state index contributed by atoms with van der Waals surface area (Å²) in [5, 5.41) is 0.245. The Balaban J connectivity index is 2.80. The van der Waals surface area contributed by atoms with Gasteiger partial charge in [0.2, 0.25) is 5.95 Å². The van der Waals surface area contributed by atoms with Crippen molar-refractivity contribution in [3.05, 3.63) is 14.8 Å². The highest BCUT2D eigenvalue weighted by Crippen LogP contribution is 2.23. The van der Waals surface area contributed by atoms with E-state index in [1.165, 1.54) is 0 Å². The lowest BCUT2D eigenvalue weighted by Gasteiger charge is -2.00. The van der Waals surface area contributed by atoms with E-state index in [9.17, 15) is 4.79 Å². The molecular weight excluding hydrogens is 236 g/mol. The minimum absolute atomic E-state index is 0.0753. The SMILES string of the molecule is CCCn1c(=O)sc2c(Cl)nc(N)nc21. The van der Waals surface area contributed by atoms with E-state index in [4.69, 9.17) is 17.3 Å². The van der Waals surface area contributed by atoms with Gasteiger partial charge in [-0.05, 0) is 6.42 Å². The summed E-state index contributed by atoms with van der Waals surface area (Å²) in [4.78, 5) is 19.4. The van der Waals surface area contributed by atoms with E-state index in [0.717, 1.165) is 17.8 Å². The number of aromatic nitrogens is 3. The van der Waals surface area contributed by atoms with Crippen molar-refractivity contribution in [3.63, 3.8) is 0 Å². The van der Waals surface area contributed by atoms with E-state index in [1.807, 2.05) is 6.92 Å². The molecule has 5 nitrogen and oxygen atoms in total. The molecule has 15 heavy (non-hydrogen) atoms. The zero-order valence-corrected chi connectivity index (χ0v) is 9.60. The van der Waals surface area contributed by atoms with Crippen LogP contribution in [0.15, 0.2) is 4.79 Å². The van der Waals surface area contributed by atoms with Gasteiger partial charge in [-0.15, -0.1) is 0 Å². The van der Waals surface area contributed by atoms with Crippen LogP contribution < -0.4 is 10.6 Å². The van der Waals surface area contributed by atoms with E-state index >= 15 is 0 Å². The average molecular weight is 245 g/mol. The topological polar surface area (TPSA) is 73.8 Å². The van der Waals surface area contributed by atoms with E-state index in [0.29, 0.717) is 16.9 Å². The highest BCUT2D eigenvalue weighted by Gasteiger charge is 2.13. The molecule has 0 aliphatic rings. The molecule has 2 aromatic heterocycles. The normalized spacial score (nSPS) is 11.1. The first-order valence-corrected chi connectivity index (χ1v) is 5.65. The predicted octanol–water partition coefficient (Wildman–Crippen LogP) is 1.50. The zero-order chi connectivity index (χ0) is 11.0. The predicted molar refractivity (Wildman–Crippen MR) is 61.4 cm³/mol. The number of nitrogens with two attached hydrogens (primary N) is 1. The molecule has 2 aromatic rings. The maximum atomic E-state index is 11.6. The van der Waals surface area contributed by atoms with Crippen LogP contribution in [0.4, 0.5) is 5.95 Å². The van der Waals surface area contributed by atoms with Crippen molar-refractivity contribution in [3.8, 4) is 0 Å². The third-order valence-electron chi connectivity index (χ3n) is 1.94. The highest BCUT2D eigenvalue weighted by atomic mass is 35.5. The molecule has 0 spiro atoms. The standard InChI is InChI=1S/C8H9ClN4OS/c1-2-3-13-6-4(15-8(13)14)5(9)11-7(10)12-6/h2-3H2,1H3,(H2,10,11,12). The summed E-state index contributed by atoms with van der Waals surface area (Å²) in [6.07, 6.45) is 0.854. The molecule has 0 atom stereocenters. The number of aryl methyl sites for hydroxylation is 1. The Labute approximate surface area is 94.5 Å². The molecule has 0 amide bonds. The van der Waals surface area contributed by atoms with Crippen molar-refractivity contribution in [2.45, 2.75) is 19.9 Å². The van der Waals surface area contributed by atoms with Gasteiger partial charge < -0.3 is 5.73 Å². The second kappa shape index (κ2) is 3.79. The molecule has 0 unspecified atom stereocenters. The van der Waals surface area contributed by atoms with Crippen LogP contribution in [0.25, 0.3) is 10.3 Å². The summed E-state index contributed by atoms with van der Waals surface area (Å²) < 4.78 is 2.17. The van der Waals surface area contributed by atoms with Crippen LogP contribution in [-0.4, -0.2) is 14.5 Å². The number of anilines is 1. The van der Waals surface area contributed by atoms with Gasteiger partial charge in [-0.3, -0.25) is 9.36 Å². The van der Waals surface area contributed by atoms with Crippen LogP contribution in [-0.2, 0) is 6.54 Å². The summed E-state index contributed by atoms with van der Waals surface area (Å²) in [7, 11) is 0. The number of hydrogen-bond acceptors (Lipinski definition) is 5. The molecule has 7 heteroatoms. The van der Waals surface area contributed by atoms with Gasteiger partial charge in [-0.2, -0.15) is 9.97 Å². The van der Waals surface area contributed by atoms with Gasteiger partial charge in [0.1, 0.15) is 4.70 Å². The van der Waals surface area contributed by atoms with Gasteiger partial charge in [0.05, 0.1) is 0 Å². The summed E-state index contributed by atoms with van der Waals surface area (Å²) in [5.74, 6) is 0.0927. The maximum absolute atomic E-state index is 11.6. The van der Waals surface area contributed by atoms with Crippen LogP contribution in [0.2, 0.25) is 5.15 Å². The third-order valence-corrected chi connectivity index (χ3v) is 3.30. The van der Waals surface area contributed by atoms with Gasteiger partial charge in [0.25, 0.3) is 0 Å². The van der Waals surface area contributed by atoms with Gasteiger partial charge >= 0.3 is 4.87 Å². The van der Waals surface area contributed by atoms with Gasteiger partial charge in [0.15, 0.2) is 10.8 Å². The second-order valence-electron chi connectivity index (χ2n) is 3.04. The maximum Gasteiger partial charge on any atom is 0.309 e. The Hall–Kier alpha value is -1.14. The van der Waals surface area contributed by atoms with Crippen LogP contribution in [0, 0.1) is 0 Å². The molecular formula is C8H9ClN4OS. The van der Waals surface area contributed by atoms with Gasteiger partial charge in [-0.1, -0.05) is 29.9 Å². The molecule has 0 saturated carbocycles. The first kappa shape index (κ1) is 10.4. The Morgan fingerprint density at radius 1 is 1.53 bits per heavy atom. The fraction of sp³-hybridized carbons (Fsp3) is 0.375. The Bertz CT molecular complexity index is 562. The first-order valence-electron chi connectivity index (χ1n) is 4.46. The number of fused-ring (bicyclic) bond motifs is 1. The summed E-state index contributed by atoms with van der Waals surface area (Å²) in [5.41, 5.74) is 6.01. The Morgan fingerprint density at radius 3 is 2.93 bits per heavy atom. The minimum Gasteiger partial charge on any atom is -0.368 e. The van der Waals surface area contributed by atoms with Crippen molar-refractivity contribution >= 4 is 39.2 Å². The van der Waals surface area contributed by atoms with Crippen molar-refractivity contribution in [2.24, 2.45) is 0 Å². The zero-order valence-electron chi connectivity index (χ0n) is 8.03. The van der Waals surface area contributed by atoms with Crippen LogP contribution in [0.5, 0.6) is 0 Å². The quantitative estimate of drug-likeness (QED) is 0.813. The van der Waals surface area contributed by atoms with Crippen molar-refractivity contribution < 1.29 is 0 Å². The van der Waals surface area contributed by atoms with Crippen LogP contribution in [0.1, 0.15) is 13.3 Å². The molecule has 0 saturated heterocycles. The van der Waals surface area contributed by atoms with Crippen LogP contribution >= 0.6 is 22.9 Å². The number of nitrogens with zero attached hydrogens (tertiary/aromatic N) is 3. The van der Waals surface area contributed by atoms with Crippen molar-refractivity contribution in [2.75, 3.05) is 5.73 Å². The van der Waals surface area contributed by atoms with Crippen molar-refractivity contribution in [1.82, 2.24) is 14.5 Å². The molecule has 0 aromatic carbocycles. The molecule has 0 bridgehead atoms. The number of halogens is 1. The minimum atomic E-state index is -0.0753. The number of nitrogen functional groups attached to an aromatic ring is 1. The molecule has 80 valence electrons. The number of hydrogen-bond donors (Lipinski definition) is 1. The molecule has 2 N–H and O–H groups in total. The Morgan fingerprint density at radius 2 is 2.27 bits per heavy atom. The van der Waals surface area contributed by atoms with E-state index < -0.39 is 0 Å². The van der Waals surface area contributed by atoms with E-state index in [-0.39, 0.29) is 16.0 Å². The number of thiazole rings is 1. The van der Waals surface area contributed by atoms with Crippen molar-refractivity contribution in [1.29, 1.82) is 0 Å². The van der Waals surface area contributed by atoms with Gasteiger partial charge in [0, 0.05) is 6.54 Å². The average Bonchev–Trinajstić information content (AvgIpc) is 2.46. The van der Waals surface area contributed by atoms with E-state index in [2.05, 4.69) is 9.97 Å². The fourth-order valence-electron chi connectivity index (χ4n) is 1.35. The molecule has 2 rings (SSSR count). The lowest BCUT2D eigenvalue weighted by molar-refractivity contribution is 0.684. The summed E-state index contributed by atoms with van der Waals surface area (Å²) in [6.45, 7) is 2.60. The first-order chi connectivity index (χ1) is 7.13. The molecule has 2 heterocycles. The summed E-state index contributed by atoms with van der Waals surface area (Å²) in [6, 6.07) is 0. The fourth-order valence-corrected chi connectivity index (χ4v) is 2.47. The van der Waals surface area contributed by atoms with Gasteiger partial charge in [-0.25, -0.2) is 0 Å². The largest absolute Gasteiger partial charge is 0.368 e. The highest BCUT2D eigenvalue weighted by molar-refractivity contribution is 7.17. The molecule has 0 aliphatic carbocycles. The lowest BCUT2D eigenvalue weighted by Crippen LogP contribution is -2.13. The smallest absolute Gasteiger partial charge is 0.309 e. The lowest BCUT2D eigenvalue weighted by atomic mass is 10.4. The Kier molecular flexibility index (Phi) is 2.62. The molecule has 0 aliphatic heterocycles. The summed E-state index contributed by atoms with van der Waals surface area (Å²) >= 11 is 6.92. The third kappa shape index (κ3) is 1.70. The molecule has 0 radical (unpaired) electrons.